The minimum absolute atomic E-state index is 0.0105. The molecule has 1 aliphatic rings. The smallest absolute Gasteiger partial charge is 0.309 e. The normalized spacial score (nSPS) is 15.1. The first-order chi connectivity index (χ1) is 12.0. The Hall–Kier alpha value is -2.44. The Morgan fingerprint density at radius 3 is 2.48 bits per heavy atom. The zero-order valence-electron chi connectivity index (χ0n) is 14.8. The van der Waals surface area contributed by atoms with Crippen LogP contribution in [-0.4, -0.2) is 53.8 Å². The fourth-order valence-corrected chi connectivity index (χ4v) is 2.71. The maximum Gasteiger partial charge on any atom is 0.309 e. The first-order valence-electron chi connectivity index (χ1n) is 8.72. The van der Waals surface area contributed by atoms with Crippen molar-refractivity contribution >= 4 is 17.7 Å². The average molecular weight is 346 g/mol. The van der Waals surface area contributed by atoms with Crippen molar-refractivity contribution in [1.29, 1.82) is 0 Å². The largest absolute Gasteiger partial charge is 0.348 e. The molecule has 2 N–H and O–H groups in total. The molecule has 0 saturated carbocycles. The van der Waals surface area contributed by atoms with E-state index < -0.39 is 11.8 Å². The van der Waals surface area contributed by atoms with Gasteiger partial charge in [0.1, 0.15) is 0 Å². The molecule has 0 unspecified atom stereocenters. The predicted octanol–water partition coefficient (Wildman–Crippen LogP) is 0.822. The van der Waals surface area contributed by atoms with Crippen LogP contribution in [0.2, 0.25) is 0 Å². The number of carbonyl (C=O) groups is 3. The maximum absolute atomic E-state index is 12.4. The van der Waals surface area contributed by atoms with Gasteiger partial charge in [0.25, 0.3) is 5.91 Å². The molecular formula is C18H26N4O3. The molecule has 0 atom stereocenters. The summed E-state index contributed by atoms with van der Waals surface area (Å²) in [6.07, 6.45) is 4.83. The summed E-state index contributed by atoms with van der Waals surface area (Å²) in [6.45, 7) is 6.18. The van der Waals surface area contributed by atoms with Crippen molar-refractivity contribution < 1.29 is 14.4 Å². The molecule has 0 aliphatic carbocycles. The molecule has 2 heterocycles. The third-order valence-electron chi connectivity index (χ3n) is 4.24. The van der Waals surface area contributed by atoms with Gasteiger partial charge in [0.15, 0.2) is 0 Å². The third-order valence-corrected chi connectivity index (χ3v) is 4.24. The van der Waals surface area contributed by atoms with Crippen molar-refractivity contribution in [3.05, 3.63) is 30.1 Å². The lowest BCUT2D eigenvalue weighted by atomic mass is 9.96. The zero-order valence-corrected chi connectivity index (χ0v) is 14.8. The number of likely N-dealkylation sites (tertiary alicyclic amines) is 1. The van der Waals surface area contributed by atoms with E-state index in [2.05, 4.69) is 15.6 Å². The van der Waals surface area contributed by atoms with Crippen LogP contribution in [0.4, 0.5) is 0 Å². The molecule has 3 amide bonds. The van der Waals surface area contributed by atoms with Crippen molar-refractivity contribution in [3.63, 3.8) is 0 Å². The average Bonchev–Trinajstić information content (AvgIpc) is 2.64. The minimum atomic E-state index is -0.588. The van der Waals surface area contributed by atoms with Gasteiger partial charge in [0.2, 0.25) is 0 Å². The number of pyridine rings is 1. The SMILES string of the molecule is CC(C)CNC(=O)C(=O)NCC1CCN(C(=O)c2cccnc2)CC1. The van der Waals surface area contributed by atoms with Crippen molar-refractivity contribution in [2.75, 3.05) is 26.2 Å². The molecule has 7 heteroatoms. The summed E-state index contributed by atoms with van der Waals surface area (Å²) >= 11 is 0. The lowest BCUT2D eigenvalue weighted by molar-refractivity contribution is -0.139. The van der Waals surface area contributed by atoms with Crippen LogP contribution < -0.4 is 10.6 Å². The molecule has 1 saturated heterocycles. The van der Waals surface area contributed by atoms with Crippen molar-refractivity contribution in [2.24, 2.45) is 11.8 Å². The predicted molar refractivity (Wildman–Crippen MR) is 93.7 cm³/mol. The van der Waals surface area contributed by atoms with Crippen LogP contribution in [0.5, 0.6) is 0 Å². The fourth-order valence-electron chi connectivity index (χ4n) is 2.71. The molecule has 1 fully saturated rings. The summed E-state index contributed by atoms with van der Waals surface area (Å²) in [5, 5.41) is 5.29. The van der Waals surface area contributed by atoms with E-state index >= 15 is 0 Å². The first-order valence-corrected chi connectivity index (χ1v) is 8.72. The quantitative estimate of drug-likeness (QED) is 0.772. The Balaban J connectivity index is 1.71. The molecular weight excluding hydrogens is 320 g/mol. The van der Waals surface area contributed by atoms with Crippen molar-refractivity contribution in [3.8, 4) is 0 Å². The van der Waals surface area contributed by atoms with Crippen LogP contribution in [0.3, 0.4) is 0 Å². The van der Waals surface area contributed by atoms with Gasteiger partial charge in [-0.05, 0) is 36.8 Å². The van der Waals surface area contributed by atoms with E-state index in [9.17, 15) is 14.4 Å². The van der Waals surface area contributed by atoms with Gasteiger partial charge in [-0.25, -0.2) is 0 Å². The van der Waals surface area contributed by atoms with E-state index in [1.165, 1.54) is 0 Å². The highest BCUT2D eigenvalue weighted by atomic mass is 16.2. The highest BCUT2D eigenvalue weighted by molar-refractivity contribution is 6.35. The second-order valence-electron chi connectivity index (χ2n) is 6.79. The highest BCUT2D eigenvalue weighted by Crippen LogP contribution is 2.18. The highest BCUT2D eigenvalue weighted by Gasteiger charge is 2.24. The second kappa shape index (κ2) is 9.15. The number of piperidine rings is 1. The third kappa shape index (κ3) is 5.85. The molecule has 1 aromatic rings. The first kappa shape index (κ1) is 18.9. The van der Waals surface area contributed by atoms with Gasteiger partial charge in [-0.15, -0.1) is 0 Å². The molecule has 1 aliphatic heterocycles. The lowest BCUT2D eigenvalue weighted by Gasteiger charge is -2.32. The summed E-state index contributed by atoms with van der Waals surface area (Å²) in [5.41, 5.74) is 0.594. The Morgan fingerprint density at radius 1 is 1.20 bits per heavy atom. The van der Waals surface area contributed by atoms with Gasteiger partial charge < -0.3 is 15.5 Å². The van der Waals surface area contributed by atoms with Crippen LogP contribution in [0, 0.1) is 11.8 Å². The zero-order chi connectivity index (χ0) is 18.2. The molecule has 25 heavy (non-hydrogen) atoms. The number of nitrogens with zero attached hydrogens (tertiary/aromatic N) is 2. The monoisotopic (exact) mass is 346 g/mol. The molecule has 0 spiro atoms. The standard InChI is InChI=1S/C18H26N4O3/c1-13(2)10-20-16(23)17(24)21-11-14-5-8-22(9-6-14)18(25)15-4-3-7-19-12-15/h3-4,7,12-14H,5-6,8-11H2,1-2H3,(H,20,23)(H,21,24). The van der Waals surface area contributed by atoms with Gasteiger partial charge in [-0.2, -0.15) is 0 Å². The number of hydrogen-bond donors (Lipinski definition) is 2. The Bertz CT molecular complexity index is 596. The Morgan fingerprint density at radius 2 is 1.88 bits per heavy atom. The number of carbonyl (C=O) groups excluding carboxylic acids is 3. The van der Waals surface area contributed by atoms with Crippen LogP contribution in [0.15, 0.2) is 24.5 Å². The lowest BCUT2D eigenvalue weighted by Crippen LogP contribution is -2.45. The summed E-state index contributed by atoms with van der Waals surface area (Å²) in [5.74, 6) is -0.603. The number of hydrogen-bond acceptors (Lipinski definition) is 4. The summed E-state index contributed by atoms with van der Waals surface area (Å²) in [6, 6.07) is 3.51. The number of amides is 3. The molecule has 0 radical (unpaired) electrons. The van der Waals surface area contributed by atoms with E-state index in [0.29, 0.717) is 37.7 Å². The van der Waals surface area contributed by atoms with Crippen LogP contribution in [-0.2, 0) is 9.59 Å². The van der Waals surface area contributed by atoms with E-state index in [0.717, 1.165) is 12.8 Å². The van der Waals surface area contributed by atoms with Gasteiger partial charge in [-0.3, -0.25) is 19.4 Å². The maximum atomic E-state index is 12.4. The van der Waals surface area contributed by atoms with Crippen molar-refractivity contribution in [2.45, 2.75) is 26.7 Å². The van der Waals surface area contributed by atoms with E-state index in [-0.39, 0.29) is 11.8 Å². The molecule has 0 aromatic carbocycles. The summed E-state index contributed by atoms with van der Waals surface area (Å²) in [7, 11) is 0. The summed E-state index contributed by atoms with van der Waals surface area (Å²) < 4.78 is 0. The van der Waals surface area contributed by atoms with Gasteiger partial charge in [-0.1, -0.05) is 13.8 Å². The molecule has 1 aromatic heterocycles. The molecule has 0 bridgehead atoms. The van der Waals surface area contributed by atoms with Gasteiger partial charge in [0.05, 0.1) is 5.56 Å². The topological polar surface area (TPSA) is 91.4 Å². The second-order valence-corrected chi connectivity index (χ2v) is 6.79. The minimum Gasteiger partial charge on any atom is -0.348 e. The molecule has 136 valence electrons. The number of aromatic nitrogens is 1. The van der Waals surface area contributed by atoms with E-state index in [1.807, 2.05) is 18.7 Å². The van der Waals surface area contributed by atoms with E-state index in [1.54, 1.807) is 24.5 Å². The van der Waals surface area contributed by atoms with Crippen LogP contribution in [0.1, 0.15) is 37.0 Å². The van der Waals surface area contributed by atoms with Gasteiger partial charge in [0, 0.05) is 38.6 Å². The van der Waals surface area contributed by atoms with E-state index in [4.69, 9.17) is 0 Å². The molecule has 7 nitrogen and oxygen atoms in total. The van der Waals surface area contributed by atoms with Crippen LogP contribution >= 0.6 is 0 Å². The summed E-state index contributed by atoms with van der Waals surface area (Å²) in [4.78, 5) is 41.5. The van der Waals surface area contributed by atoms with Crippen molar-refractivity contribution in [1.82, 2.24) is 20.5 Å². The fraction of sp³-hybridized carbons (Fsp3) is 0.556. The number of rotatable bonds is 5. The Labute approximate surface area is 148 Å². The number of nitrogens with one attached hydrogen (secondary N) is 2. The Kier molecular flexibility index (Phi) is 6.91. The van der Waals surface area contributed by atoms with Crippen LogP contribution in [0.25, 0.3) is 0 Å². The van der Waals surface area contributed by atoms with Gasteiger partial charge >= 0.3 is 11.8 Å². The molecule has 2 rings (SSSR count).